The topological polar surface area (TPSA) is 51.3 Å². The normalized spacial score (nSPS) is 11.4. The molecule has 0 fully saturated rings. The summed E-state index contributed by atoms with van der Waals surface area (Å²) in [5.74, 6) is 0.987. The van der Waals surface area contributed by atoms with Crippen molar-refractivity contribution in [2.24, 2.45) is 10.7 Å². The van der Waals surface area contributed by atoms with Gasteiger partial charge < -0.3 is 5.73 Å². The third-order valence-corrected chi connectivity index (χ3v) is 2.24. The minimum Gasteiger partial charge on any atom is -0.383 e. The van der Waals surface area contributed by atoms with Crippen molar-refractivity contribution in [3.05, 3.63) is 59.2 Å². The Kier molecular flexibility index (Phi) is 3.17. The zero-order valence-electron chi connectivity index (χ0n) is 8.47. The Hall–Kier alpha value is -1.87. The number of pyridine rings is 1. The van der Waals surface area contributed by atoms with Crippen molar-refractivity contribution in [1.29, 1.82) is 0 Å². The van der Waals surface area contributed by atoms with Crippen molar-refractivity contribution in [2.45, 2.75) is 0 Å². The zero-order chi connectivity index (χ0) is 11.4. The number of rotatable bonds is 2. The summed E-state index contributed by atoms with van der Waals surface area (Å²) in [5, 5.41) is 0.581. The van der Waals surface area contributed by atoms with Gasteiger partial charge in [-0.25, -0.2) is 9.98 Å². The zero-order valence-corrected chi connectivity index (χ0v) is 9.22. The Morgan fingerprint density at radius 2 is 1.88 bits per heavy atom. The van der Waals surface area contributed by atoms with Crippen LogP contribution < -0.4 is 5.73 Å². The predicted octanol–water partition coefficient (Wildman–Crippen LogP) is 2.77. The predicted molar refractivity (Wildman–Crippen MR) is 66.1 cm³/mol. The highest BCUT2D eigenvalue weighted by molar-refractivity contribution is 6.30. The molecule has 80 valence electrons. The number of hydrogen-bond acceptors (Lipinski definition) is 2. The Labute approximate surface area is 98.6 Å². The maximum atomic E-state index is 5.84. The summed E-state index contributed by atoms with van der Waals surface area (Å²) in [4.78, 5) is 8.24. The van der Waals surface area contributed by atoms with E-state index in [0.29, 0.717) is 16.7 Å². The van der Waals surface area contributed by atoms with Crippen molar-refractivity contribution < 1.29 is 0 Å². The first-order chi connectivity index (χ1) is 7.75. The first-order valence-electron chi connectivity index (χ1n) is 4.77. The average molecular weight is 232 g/mol. The molecule has 2 rings (SSSR count). The van der Waals surface area contributed by atoms with Gasteiger partial charge >= 0.3 is 0 Å². The maximum Gasteiger partial charge on any atom is 0.154 e. The number of halogens is 1. The average Bonchev–Trinajstić information content (AvgIpc) is 2.33. The number of nitrogens with two attached hydrogens (primary N) is 1. The van der Waals surface area contributed by atoms with Gasteiger partial charge in [0.25, 0.3) is 0 Å². The van der Waals surface area contributed by atoms with Gasteiger partial charge in [-0.2, -0.15) is 0 Å². The molecule has 0 atom stereocenters. The molecule has 1 aromatic carbocycles. The van der Waals surface area contributed by atoms with Gasteiger partial charge in [0.15, 0.2) is 5.82 Å². The largest absolute Gasteiger partial charge is 0.383 e. The summed E-state index contributed by atoms with van der Waals surface area (Å²) in [6.45, 7) is 0. The molecule has 0 aliphatic carbocycles. The van der Waals surface area contributed by atoms with Gasteiger partial charge in [0.05, 0.1) is 5.02 Å². The van der Waals surface area contributed by atoms with E-state index in [0.717, 1.165) is 5.56 Å². The molecule has 0 bridgehead atoms. The van der Waals surface area contributed by atoms with Crippen LogP contribution in [0.4, 0.5) is 5.82 Å². The second-order valence-corrected chi connectivity index (χ2v) is 3.63. The summed E-state index contributed by atoms with van der Waals surface area (Å²) in [7, 11) is 0. The first kappa shape index (κ1) is 10.6. The van der Waals surface area contributed by atoms with E-state index in [-0.39, 0.29) is 0 Å². The van der Waals surface area contributed by atoms with E-state index in [1.165, 1.54) is 0 Å². The maximum absolute atomic E-state index is 5.84. The molecular formula is C12H10ClN3. The van der Waals surface area contributed by atoms with Crippen molar-refractivity contribution in [1.82, 2.24) is 4.98 Å². The van der Waals surface area contributed by atoms with Crippen molar-refractivity contribution in [2.75, 3.05) is 0 Å². The van der Waals surface area contributed by atoms with Crippen molar-refractivity contribution in [3.8, 4) is 0 Å². The van der Waals surface area contributed by atoms with Crippen LogP contribution in [0.2, 0.25) is 5.02 Å². The van der Waals surface area contributed by atoms with Crippen LogP contribution >= 0.6 is 11.6 Å². The molecule has 2 aromatic rings. The fourth-order valence-corrected chi connectivity index (χ4v) is 1.34. The fourth-order valence-electron chi connectivity index (χ4n) is 1.23. The number of hydrogen-bond donors (Lipinski definition) is 1. The molecule has 0 saturated carbocycles. The van der Waals surface area contributed by atoms with E-state index < -0.39 is 0 Å². The van der Waals surface area contributed by atoms with Crippen LogP contribution in [0.25, 0.3) is 0 Å². The summed E-state index contributed by atoms with van der Waals surface area (Å²) < 4.78 is 0. The lowest BCUT2D eigenvalue weighted by molar-refractivity contribution is 1.26. The molecular weight excluding hydrogens is 222 g/mol. The Morgan fingerprint density at radius 1 is 1.12 bits per heavy atom. The van der Waals surface area contributed by atoms with Gasteiger partial charge in [-0.15, -0.1) is 0 Å². The number of nitrogens with zero attached hydrogens (tertiary/aromatic N) is 2. The van der Waals surface area contributed by atoms with Crippen molar-refractivity contribution in [3.63, 3.8) is 0 Å². The van der Waals surface area contributed by atoms with Gasteiger partial charge in [0.1, 0.15) is 5.84 Å². The van der Waals surface area contributed by atoms with Crippen LogP contribution in [0.1, 0.15) is 5.56 Å². The van der Waals surface area contributed by atoms with E-state index in [1.807, 2.05) is 30.3 Å². The molecule has 4 heteroatoms. The highest BCUT2D eigenvalue weighted by Gasteiger charge is 1.98. The van der Waals surface area contributed by atoms with Crippen LogP contribution in [0.3, 0.4) is 0 Å². The van der Waals surface area contributed by atoms with Gasteiger partial charge in [-0.1, -0.05) is 41.9 Å². The smallest absolute Gasteiger partial charge is 0.154 e. The van der Waals surface area contributed by atoms with Crippen LogP contribution in [-0.2, 0) is 0 Å². The Bertz CT molecular complexity index is 491. The lowest BCUT2D eigenvalue weighted by Crippen LogP contribution is -2.12. The van der Waals surface area contributed by atoms with Crippen LogP contribution in [-0.4, -0.2) is 10.8 Å². The molecule has 3 nitrogen and oxygen atoms in total. The fraction of sp³-hybridized carbons (Fsp3) is 0. The number of benzene rings is 1. The van der Waals surface area contributed by atoms with E-state index in [4.69, 9.17) is 17.3 Å². The molecule has 1 heterocycles. The third kappa shape index (κ3) is 2.58. The minimum absolute atomic E-state index is 0.440. The van der Waals surface area contributed by atoms with Crippen LogP contribution in [0.5, 0.6) is 0 Å². The van der Waals surface area contributed by atoms with E-state index in [9.17, 15) is 0 Å². The lowest BCUT2D eigenvalue weighted by Gasteiger charge is -1.99. The van der Waals surface area contributed by atoms with E-state index >= 15 is 0 Å². The highest BCUT2D eigenvalue weighted by Crippen LogP contribution is 2.13. The second-order valence-electron chi connectivity index (χ2n) is 3.20. The van der Waals surface area contributed by atoms with E-state index in [2.05, 4.69) is 9.98 Å². The van der Waals surface area contributed by atoms with Gasteiger partial charge in [-0.3, -0.25) is 0 Å². The molecule has 1 aromatic heterocycles. The van der Waals surface area contributed by atoms with Gasteiger partial charge in [0.2, 0.25) is 0 Å². The summed E-state index contributed by atoms with van der Waals surface area (Å²) in [6.07, 6.45) is 1.54. The molecule has 2 N–H and O–H groups in total. The summed E-state index contributed by atoms with van der Waals surface area (Å²) in [5.41, 5.74) is 6.72. The Morgan fingerprint density at radius 3 is 2.50 bits per heavy atom. The third-order valence-electron chi connectivity index (χ3n) is 2.02. The molecule has 0 amide bonds. The van der Waals surface area contributed by atoms with Gasteiger partial charge in [-0.05, 0) is 12.1 Å². The monoisotopic (exact) mass is 231 g/mol. The number of aliphatic imine (C=N–C) groups is 1. The summed E-state index contributed by atoms with van der Waals surface area (Å²) in [6, 6.07) is 13.0. The molecule has 16 heavy (non-hydrogen) atoms. The molecule has 0 aliphatic heterocycles. The first-order valence-corrected chi connectivity index (χ1v) is 5.14. The Balaban J connectivity index is 2.28. The summed E-state index contributed by atoms with van der Waals surface area (Å²) >= 11 is 5.72. The van der Waals surface area contributed by atoms with Crippen LogP contribution in [0, 0.1) is 0 Å². The second kappa shape index (κ2) is 4.77. The molecule has 0 spiro atoms. The van der Waals surface area contributed by atoms with Gasteiger partial charge in [0, 0.05) is 11.8 Å². The molecule has 0 saturated heterocycles. The van der Waals surface area contributed by atoms with E-state index in [1.54, 1.807) is 18.3 Å². The quantitative estimate of drug-likeness (QED) is 0.638. The minimum atomic E-state index is 0.440. The lowest BCUT2D eigenvalue weighted by atomic mass is 10.2. The standard InChI is InChI=1S/C12H10ClN3/c13-10-6-7-11(15-8-10)16-12(14)9-4-2-1-3-5-9/h1-8H,(H2,14,15,16). The SMILES string of the molecule is NC(=Nc1ccc(Cl)cn1)c1ccccc1. The van der Waals surface area contributed by atoms with Crippen LogP contribution in [0.15, 0.2) is 53.7 Å². The number of amidine groups is 1. The van der Waals surface area contributed by atoms with Crippen molar-refractivity contribution >= 4 is 23.3 Å². The molecule has 0 radical (unpaired) electrons. The number of aromatic nitrogens is 1. The highest BCUT2D eigenvalue weighted by atomic mass is 35.5. The molecule has 0 aliphatic rings. The molecule has 0 unspecified atom stereocenters.